The van der Waals surface area contributed by atoms with Gasteiger partial charge in [-0.2, -0.15) is 9.78 Å². The lowest BCUT2D eigenvalue weighted by atomic mass is 9.70. The summed E-state index contributed by atoms with van der Waals surface area (Å²) in [6.07, 6.45) is 6.65. The summed E-state index contributed by atoms with van der Waals surface area (Å²) in [5.74, 6) is -0.364. The molecule has 1 aliphatic carbocycles. The largest absolute Gasteiger partial charge is 0.234 e. The summed E-state index contributed by atoms with van der Waals surface area (Å²) in [7, 11) is 0. The molecule has 0 radical (unpaired) electrons. The quantitative estimate of drug-likeness (QED) is 0.251. The second-order valence-electron chi connectivity index (χ2n) is 10.1. The first-order valence-corrected chi connectivity index (χ1v) is 10.1. The summed E-state index contributed by atoms with van der Waals surface area (Å²) in [4.78, 5) is 23.8. The Balaban J connectivity index is 2.90. The van der Waals surface area contributed by atoms with Gasteiger partial charge in [0, 0.05) is 12.8 Å². The highest BCUT2D eigenvalue weighted by atomic mass is 17.3. The smallest absolute Gasteiger partial charge is 0.228 e. The van der Waals surface area contributed by atoms with Crippen LogP contribution in [0.4, 0.5) is 0 Å². The van der Waals surface area contributed by atoms with Gasteiger partial charge in [0.25, 0.3) is 0 Å². The fourth-order valence-corrected chi connectivity index (χ4v) is 4.23. The monoisotopic (exact) mass is 358 g/mol. The zero-order valence-electron chi connectivity index (χ0n) is 18.2. The third-order valence-electron chi connectivity index (χ3n) is 4.85. The first-order chi connectivity index (χ1) is 11.3. The average Bonchev–Trinajstić information content (AvgIpc) is 2.41. The molecule has 0 spiro atoms. The summed E-state index contributed by atoms with van der Waals surface area (Å²) in [5, 5.41) is 0. The van der Waals surface area contributed by atoms with E-state index in [1.54, 1.807) is 0 Å². The summed E-state index contributed by atoms with van der Waals surface area (Å²) in [6.45, 7) is 19.3. The molecule has 1 rings (SSSR count). The minimum atomic E-state index is -0.850. The zero-order chi connectivity index (χ0) is 19.4. The van der Waals surface area contributed by atoms with E-state index in [1.165, 1.54) is 0 Å². The minimum absolute atomic E-state index is 0.119. The lowest BCUT2D eigenvalue weighted by molar-refractivity contribution is -0.553. The predicted molar refractivity (Wildman–Crippen MR) is 102 cm³/mol. The van der Waals surface area contributed by atoms with Crippen LogP contribution in [0.3, 0.4) is 0 Å². The molecule has 1 atom stereocenters. The highest BCUT2D eigenvalue weighted by molar-refractivity contribution is 4.88. The van der Waals surface area contributed by atoms with E-state index in [2.05, 4.69) is 62.3 Å². The lowest BCUT2D eigenvalue weighted by Crippen LogP contribution is -2.49. The van der Waals surface area contributed by atoms with Crippen molar-refractivity contribution in [1.29, 1.82) is 0 Å². The van der Waals surface area contributed by atoms with Gasteiger partial charge < -0.3 is 0 Å². The third-order valence-corrected chi connectivity index (χ3v) is 4.85. The maximum atomic E-state index is 6.02. The second kappa shape index (κ2) is 8.69. The molecule has 0 heterocycles. The van der Waals surface area contributed by atoms with E-state index in [4.69, 9.17) is 19.6 Å². The van der Waals surface area contributed by atoms with Crippen molar-refractivity contribution in [3.8, 4) is 0 Å². The van der Waals surface area contributed by atoms with E-state index in [-0.39, 0.29) is 16.6 Å². The van der Waals surface area contributed by atoms with Crippen molar-refractivity contribution >= 4 is 0 Å². The molecular formula is C21H42O4. The van der Waals surface area contributed by atoms with E-state index in [0.717, 1.165) is 44.9 Å². The first kappa shape index (κ1) is 22.9. The van der Waals surface area contributed by atoms with Crippen LogP contribution in [0, 0.1) is 11.3 Å². The van der Waals surface area contributed by atoms with Gasteiger partial charge in [-0.1, -0.05) is 47.5 Å². The fraction of sp³-hybridized carbons (Fsp3) is 1.00. The van der Waals surface area contributed by atoms with E-state index in [9.17, 15) is 0 Å². The van der Waals surface area contributed by atoms with E-state index < -0.39 is 5.79 Å². The van der Waals surface area contributed by atoms with Crippen LogP contribution in [0.15, 0.2) is 0 Å². The van der Waals surface area contributed by atoms with Gasteiger partial charge in [-0.15, -0.1) is 0 Å². The van der Waals surface area contributed by atoms with Crippen molar-refractivity contribution in [2.24, 2.45) is 11.3 Å². The molecule has 0 saturated heterocycles. The molecule has 0 aromatic carbocycles. The van der Waals surface area contributed by atoms with Crippen molar-refractivity contribution in [3.63, 3.8) is 0 Å². The van der Waals surface area contributed by atoms with Crippen LogP contribution in [0.5, 0.6) is 0 Å². The summed E-state index contributed by atoms with van der Waals surface area (Å²) < 4.78 is 0. The Bertz CT molecular complexity index is 379. The van der Waals surface area contributed by atoms with Crippen molar-refractivity contribution < 1.29 is 19.6 Å². The Morgan fingerprint density at radius 1 is 0.840 bits per heavy atom. The molecule has 0 N–H and O–H groups in total. The Labute approximate surface area is 155 Å². The molecule has 0 aliphatic heterocycles. The van der Waals surface area contributed by atoms with Crippen LogP contribution in [-0.2, 0) is 19.6 Å². The SMILES string of the molecule is CCCC(C)(C)OOC1(OOC(C)(C)CCC)CC(C)CC(C)(C)C1. The second-order valence-corrected chi connectivity index (χ2v) is 10.1. The first-order valence-electron chi connectivity index (χ1n) is 10.1. The van der Waals surface area contributed by atoms with Gasteiger partial charge in [0.1, 0.15) is 0 Å². The summed E-state index contributed by atoms with van der Waals surface area (Å²) in [5.41, 5.74) is -0.558. The molecule has 1 aliphatic rings. The molecule has 0 aromatic rings. The highest BCUT2D eigenvalue weighted by Gasteiger charge is 2.49. The Morgan fingerprint density at radius 3 is 1.64 bits per heavy atom. The fourth-order valence-electron chi connectivity index (χ4n) is 4.23. The molecule has 1 unspecified atom stereocenters. The van der Waals surface area contributed by atoms with Gasteiger partial charge in [-0.05, 0) is 58.3 Å². The standard InChI is InChI=1S/C21H42O4/c1-10-12-19(6,7)22-24-21(25-23-20(8,9)13-11-2)15-17(3)14-18(4,5)16-21/h17H,10-16H2,1-9H3. The minimum Gasteiger partial charge on any atom is -0.228 e. The van der Waals surface area contributed by atoms with Gasteiger partial charge in [0.2, 0.25) is 5.79 Å². The zero-order valence-corrected chi connectivity index (χ0v) is 18.2. The highest BCUT2D eigenvalue weighted by Crippen LogP contribution is 2.47. The van der Waals surface area contributed by atoms with Gasteiger partial charge in [-0.3, -0.25) is 0 Å². The van der Waals surface area contributed by atoms with Crippen molar-refractivity contribution in [1.82, 2.24) is 0 Å². The van der Waals surface area contributed by atoms with E-state index in [1.807, 2.05) is 0 Å². The maximum Gasteiger partial charge on any atom is 0.234 e. The molecule has 0 amide bonds. The van der Waals surface area contributed by atoms with Crippen LogP contribution in [0.1, 0.15) is 107 Å². The van der Waals surface area contributed by atoms with Crippen LogP contribution in [0.25, 0.3) is 0 Å². The Morgan fingerprint density at radius 2 is 1.28 bits per heavy atom. The normalized spacial score (nSPS) is 23.6. The van der Waals surface area contributed by atoms with Gasteiger partial charge in [0.05, 0.1) is 11.2 Å². The summed E-state index contributed by atoms with van der Waals surface area (Å²) >= 11 is 0. The van der Waals surface area contributed by atoms with Crippen molar-refractivity contribution in [2.45, 2.75) is 124 Å². The maximum absolute atomic E-state index is 6.02. The van der Waals surface area contributed by atoms with Gasteiger partial charge in [0.15, 0.2) is 0 Å². The van der Waals surface area contributed by atoms with E-state index in [0.29, 0.717) is 5.92 Å². The number of hydrogen-bond donors (Lipinski definition) is 0. The van der Waals surface area contributed by atoms with Crippen molar-refractivity contribution in [2.75, 3.05) is 0 Å². The van der Waals surface area contributed by atoms with Crippen LogP contribution < -0.4 is 0 Å². The lowest BCUT2D eigenvalue weighted by Gasteiger charge is -2.46. The molecule has 0 bridgehead atoms. The molecule has 4 heteroatoms. The predicted octanol–water partition coefficient (Wildman–Crippen LogP) is 6.58. The van der Waals surface area contributed by atoms with Gasteiger partial charge in [-0.25, -0.2) is 9.78 Å². The van der Waals surface area contributed by atoms with Gasteiger partial charge >= 0.3 is 0 Å². The molecule has 1 saturated carbocycles. The third kappa shape index (κ3) is 7.94. The molecule has 4 nitrogen and oxygen atoms in total. The Kier molecular flexibility index (Phi) is 7.95. The molecule has 25 heavy (non-hydrogen) atoms. The van der Waals surface area contributed by atoms with E-state index >= 15 is 0 Å². The average molecular weight is 359 g/mol. The van der Waals surface area contributed by atoms with Crippen LogP contribution in [-0.4, -0.2) is 17.0 Å². The van der Waals surface area contributed by atoms with Crippen molar-refractivity contribution in [3.05, 3.63) is 0 Å². The Hall–Kier alpha value is -0.160. The molecular weight excluding hydrogens is 316 g/mol. The van der Waals surface area contributed by atoms with Crippen LogP contribution in [0.2, 0.25) is 0 Å². The molecule has 0 aromatic heterocycles. The topological polar surface area (TPSA) is 36.9 Å². The number of hydrogen-bond acceptors (Lipinski definition) is 4. The molecule has 150 valence electrons. The van der Waals surface area contributed by atoms with Crippen LogP contribution >= 0.6 is 0 Å². The molecule has 1 fully saturated rings. The number of rotatable bonds is 10. The summed E-state index contributed by atoms with van der Waals surface area (Å²) in [6, 6.07) is 0.